The molecular weight excluding hydrogens is 224 g/mol. The second-order valence-corrected chi connectivity index (χ2v) is 4.44. The molecule has 18 heavy (non-hydrogen) atoms. The molecule has 1 aromatic carbocycles. The number of benzene rings is 1. The van der Waals surface area contributed by atoms with Crippen LogP contribution in [0.2, 0.25) is 0 Å². The molecular formula is C14H14N4. The lowest BCUT2D eigenvalue weighted by atomic mass is 10.1. The van der Waals surface area contributed by atoms with Crippen LogP contribution in [0.4, 0.5) is 5.82 Å². The number of nitrogens with two attached hydrogens (primary N) is 1. The molecule has 0 atom stereocenters. The van der Waals surface area contributed by atoms with Crippen LogP contribution < -0.4 is 5.73 Å². The molecule has 4 nitrogen and oxygen atoms in total. The Bertz CT molecular complexity index is 728. The second kappa shape index (κ2) is 3.84. The van der Waals surface area contributed by atoms with Crippen molar-refractivity contribution in [1.82, 2.24) is 14.4 Å². The van der Waals surface area contributed by atoms with E-state index in [0.717, 1.165) is 17.0 Å². The number of hydrogen-bond acceptors (Lipinski definition) is 3. The van der Waals surface area contributed by atoms with E-state index in [1.165, 1.54) is 5.56 Å². The Labute approximate surface area is 105 Å². The van der Waals surface area contributed by atoms with Gasteiger partial charge in [-0.1, -0.05) is 23.8 Å². The molecule has 2 aromatic heterocycles. The summed E-state index contributed by atoms with van der Waals surface area (Å²) >= 11 is 0. The zero-order valence-corrected chi connectivity index (χ0v) is 10.4. The van der Waals surface area contributed by atoms with Crippen LogP contribution in [0.15, 0.2) is 36.5 Å². The summed E-state index contributed by atoms with van der Waals surface area (Å²) in [6.45, 7) is 4.11. The van der Waals surface area contributed by atoms with Crippen LogP contribution in [-0.4, -0.2) is 14.4 Å². The summed E-state index contributed by atoms with van der Waals surface area (Å²) in [5.41, 5.74) is 10.0. The number of aryl methyl sites for hydroxylation is 2. The zero-order chi connectivity index (χ0) is 12.7. The molecule has 0 aliphatic carbocycles. The lowest BCUT2D eigenvalue weighted by Crippen LogP contribution is -1.94. The van der Waals surface area contributed by atoms with Gasteiger partial charge in [-0.15, -0.1) is 0 Å². The van der Waals surface area contributed by atoms with Crippen LogP contribution in [0.25, 0.3) is 17.0 Å². The number of anilines is 1. The van der Waals surface area contributed by atoms with E-state index in [2.05, 4.69) is 35.1 Å². The monoisotopic (exact) mass is 238 g/mol. The van der Waals surface area contributed by atoms with Gasteiger partial charge < -0.3 is 5.73 Å². The van der Waals surface area contributed by atoms with E-state index < -0.39 is 0 Å². The highest BCUT2D eigenvalue weighted by molar-refractivity contribution is 5.66. The van der Waals surface area contributed by atoms with Gasteiger partial charge in [-0.2, -0.15) is 4.98 Å². The molecule has 0 saturated carbocycles. The van der Waals surface area contributed by atoms with Gasteiger partial charge in [0.05, 0.1) is 5.69 Å². The largest absolute Gasteiger partial charge is 0.384 e. The lowest BCUT2D eigenvalue weighted by Gasteiger charge is -2.00. The summed E-state index contributed by atoms with van der Waals surface area (Å²) in [4.78, 5) is 8.79. The highest BCUT2D eigenvalue weighted by Gasteiger charge is 2.11. The van der Waals surface area contributed by atoms with Gasteiger partial charge >= 0.3 is 0 Å². The number of aromatic nitrogens is 3. The summed E-state index contributed by atoms with van der Waals surface area (Å²) < 4.78 is 1.95. The predicted octanol–water partition coefficient (Wildman–Crippen LogP) is 2.60. The second-order valence-electron chi connectivity index (χ2n) is 4.44. The number of rotatable bonds is 1. The molecule has 0 bridgehead atoms. The number of nitrogens with zero attached hydrogens (tertiary/aromatic N) is 3. The third kappa shape index (κ3) is 1.62. The third-order valence-electron chi connectivity index (χ3n) is 3.05. The van der Waals surface area contributed by atoms with Crippen molar-refractivity contribution in [1.29, 1.82) is 0 Å². The molecule has 0 aliphatic rings. The molecule has 2 heterocycles. The van der Waals surface area contributed by atoms with Gasteiger partial charge in [0, 0.05) is 17.5 Å². The fourth-order valence-electron chi connectivity index (χ4n) is 2.13. The van der Waals surface area contributed by atoms with Crippen molar-refractivity contribution in [2.45, 2.75) is 13.8 Å². The minimum atomic E-state index is 0.489. The molecule has 0 spiro atoms. The highest BCUT2D eigenvalue weighted by Crippen LogP contribution is 2.24. The van der Waals surface area contributed by atoms with E-state index in [4.69, 9.17) is 5.73 Å². The van der Waals surface area contributed by atoms with Crippen LogP contribution in [0, 0.1) is 13.8 Å². The summed E-state index contributed by atoms with van der Waals surface area (Å²) in [5, 5.41) is 0. The Kier molecular flexibility index (Phi) is 2.30. The van der Waals surface area contributed by atoms with E-state index in [0.29, 0.717) is 11.6 Å². The first-order valence-electron chi connectivity index (χ1n) is 5.83. The zero-order valence-electron chi connectivity index (χ0n) is 10.4. The van der Waals surface area contributed by atoms with Gasteiger partial charge in [0.25, 0.3) is 0 Å². The van der Waals surface area contributed by atoms with Crippen molar-refractivity contribution in [3.05, 3.63) is 47.8 Å². The molecule has 2 N–H and O–H groups in total. The fraction of sp³-hybridized carbons (Fsp3) is 0.143. The standard InChI is InChI=1S/C14H14N4/c1-9-4-3-5-11(8-9)13-10(2)18-7-6-12(15)16-14(18)17-13/h3-8H,1-2H3,(H2,15,16,17). The quantitative estimate of drug-likeness (QED) is 0.709. The Morgan fingerprint density at radius 3 is 2.72 bits per heavy atom. The van der Waals surface area contributed by atoms with Gasteiger partial charge in [0.1, 0.15) is 5.82 Å². The molecule has 0 radical (unpaired) electrons. The van der Waals surface area contributed by atoms with E-state index >= 15 is 0 Å². The number of nitrogen functional groups attached to an aromatic ring is 1. The lowest BCUT2D eigenvalue weighted by molar-refractivity contribution is 1.07. The summed E-state index contributed by atoms with van der Waals surface area (Å²) in [5.74, 6) is 1.13. The first-order chi connectivity index (χ1) is 8.65. The maximum atomic E-state index is 5.68. The van der Waals surface area contributed by atoms with Gasteiger partial charge in [-0.3, -0.25) is 4.40 Å². The summed E-state index contributed by atoms with van der Waals surface area (Å²) in [6.07, 6.45) is 1.90. The SMILES string of the molecule is Cc1cccc(-c2nc3nc(N)ccn3c2C)c1. The van der Waals surface area contributed by atoms with E-state index in [1.807, 2.05) is 23.6 Å². The van der Waals surface area contributed by atoms with Crippen LogP contribution in [0.3, 0.4) is 0 Å². The summed E-state index contributed by atoms with van der Waals surface area (Å²) in [7, 11) is 0. The average molecular weight is 238 g/mol. The van der Waals surface area contributed by atoms with Crippen LogP contribution in [0.1, 0.15) is 11.3 Å². The fourth-order valence-corrected chi connectivity index (χ4v) is 2.13. The molecule has 0 fully saturated rings. The first-order valence-corrected chi connectivity index (χ1v) is 5.83. The van der Waals surface area contributed by atoms with Gasteiger partial charge in [0.15, 0.2) is 0 Å². The number of imidazole rings is 1. The smallest absolute Gasteiger partial charge is 0.236 e. The molecule has 90 valence electrons. The summed E-state index contributed by atoms with van der Waals surface area (Å²) in [6, 6.07) is 10.1. The van der Waals surface area contributed by atoms with Crippen LogP contribution in [0.5, 0.6) is 0 Å². The van der Waals surface area contributed by atoms with Gasteiger partial charge in [-0.25, -0.2) is 4.98 Å². The average Bonchev–Trinajstić information content (AvgIpc) is 2.66. The molecule has 3 aromatic rings. The Morgan fingerprint density at radius 2 is 1.94 bits per heavy atom. The topological polar surface area (TPSA) is 56.2 Å². The van der Waals surface area contributed by atoms with E-state index in [9.17, 15) is 0 Å². The molecule has 3 rings (SSSR count). The van der Waals surface area contributed by atoms with Crippen molar-refractivity contribution in [3.63, 3.8) is 0 Å². The Morgan fingerprint density at radius 1 is 1.11 bits per heavy atom. The normalized spacial score (nSPS) is 11.0. The highest BCUT2D eigenvalue weighted by atomic mass is 15.1. The predicted molar refractivity (Wildman–Crippen MR) is 72.3 cm³/mol. The van der Waals surface area contributed by atoms with Crippen LogP contribution in [-0.2, 0) is 0 Å². The maximum Gasteiger partial charge on any atom is 0.236 e. The van der Waals surface area contributed by atoms with Crippen molar-refractivity contribution in [3.8, 4) is 11.3 Å². The maximum absolute atomic E-state index is 5.68. The minimum absolute atomic E-state index is 0.489. The first kappa shape index (κ1) is 10.8. The molecule has 4 heteroatoms. The Hall–Kier alpha value is -2.36. The molecule has 0 amide bonds. The van der Waals surface area contributed by atoms with Crippen molar-refractivity contribution < 1.29 is 0 Å². The van der Waals surface area contributed by atoms with E-state index in [1.54, 1.807) is 6.07 Å². The number of hydrogen-bond donors (Lipinski definition) is 1. The van der Waals surface area contributed by atoms with Crippen molar-refractivity contribution in [2.75, 3.05) is 5.73 Å². The third-order valence-corrected chi connectivity index (χ3v) is 3.05. The van der Waals surface area contributed by atoms with Crippen LogP contribution >= 0.6 is 0 Å². The minimum Gasteiger partial charge on any atom is -0.384 e. The molecule has 0 saturated heterocycles. The molecule has 0 aliphatic heterocycles. The Balaban J connectivity index is 2.27. The number of fused-ring (bicyclic) bond motifs is 1. The van der Waals surface area contributed by atoms with Crippen molar-refractivity contribution in [2.24, 2.45) is 0 Å². The van der Waals surface area contributed by atoms with Gasteiger partial charge in [0.2, 0.25) is 5.78 Å². The van der Waals surface area contributed by atoms with Crippen molar-refractivity contribution >= 4 is 11.6 Å². The van der Waals surface area contributed by atoms with Gasteiger partial charge in [-0.05, 0) is 26.0 Å². The van der Waals surface area contributed by atoms with E-state index in [-0.39, 0.29) is 0 Å². The molecule has 0 unspecified atom stereocenters.